The highest BCUT2D eigenvalue weighted by molar-refractivity contribution is 9.10. The molecule has 3 atom stereocenters. The molecule has 0 nitrogen and oxygen atoms in total. The van der Waals surface area contributed by atoms with Crippen molar-refractivity contribution in [2.24, 2.45) is 0 Å². The summed E-state index contributed by atoms with van der Waals surface area (Å²) in [6.45, 7) is 0. The Labute approximate surface area is 82.9 Å². The fourth-order valence-corrected chi connectivity index (χ4v) is 1.55. The summed E-state index contributed by atoms with van der Waals surface area (Å²) in [5, 5.41) is -0.610. The van der Waals surface area contributed by atoms with Gasteiger partial charge in [0.15, 0.2) is 0 Å². The van der Waals surface area contributed by atoms with E-state index in [-0.39, 0.29) is 15.0 Å². The van der Waals surface area contributed by atoms with Gasteiger partial charge in [0, 0.05) is 5.88 Å². The molecule has 0 N–H and O–H groups in total. The topological polar surface area (TPSA) is 0 Å². The zero-order valence-corrected chi connectivity index (χ0v) is 8.94. The Morgan fingerprint density at radius 3 is 1.78 bits per heavy atom. The van der Waals surface area contributed by atoms with E-state index in [0.29, 0.717) is 5.88 Å². The number of halogens is 5. The molecule has 3 unspecified atom stereocenters. The summed E-state index contributed by atoms with van der Waals surface area (Å²) in [6.07, 6.45) is 0. The molecule has 0 bridgehead atoms. The second-order valence-corrected chi connectivity index (χ2v) is 4.81. The van der Waals surface area contributed by atoms with E-state index in [1.165, 1.54) is 0 Å². The lowest BCUT2D eigenvalue weighted by Crippen LogP contribution is -2.22. The maximum absolute atomic E-state index is 5.67. The first-order chi connectivity index (χ1) is 4.09. The van der Waals surface area contributed by atoms with Crippen LogP contribution < -0.4 is 0 Å². The highest BCUT2D eigenvalue weighted by Crippen LogP contribution is 2.23. The molecule has 0 heterocycles. The zero-order valence-electron chi connectivity index (χ0n) is 4.33. The molecule has 0 amide bonds. The highest BCUT2D eigenvalue weighted by Gasteiger charge is 2.21. The molecule has 5 heteroatoms. The van der Waals surface area contributed by atoms with Crippen molar-refractivity contribution >= 4 is 62.3 Å². The Morgan fingerprint density at radius 2 is 1.67 bits per heavy atom. The molecule has 0 spiro atoms. The van der Waals surface area contributed by atoms with Crippen LogP contribution in [0.2, 0.25) is 0 Å². The fourth-order valence-electron chi connectivity index (χ4n) is 0.243. The molecule has 56 valence electrons. The minimum absolute atomic E-state index is 0.282. The van der Waals surface area contributed by atoms with Crippen LogP contribution in [0.15, 0.2) is 0 Å². The molecule has 0 saturated carbocycles. The summed E-state index contributed by atoms with van der Waals surface area (Å²) >= 11 is 25.3. The Balaban J connectivity index is 3.58. The summed E-state index contributed by atoms with van der Waals surface area (Å²) in [7, 11) is 0. The molecule has 0 fully saturated rings. The summed E-state index contributed by atoms with van der Waals surface area (Å²) in [5.74, 6) is 0.310. The van der Waals surface area contributed by atoms with Gasteiger partial charge in [-0.2, -0.15) is 0 Å². The van der Waals surface area contributed by atoms with Gasteiger partial charge < -0.3 is 0 Å². The molecule has 0 aliphatic carbocycles. The van der Waals surface area contributed by atoms with Gasteiger partial charge in [0.1, 0.15) is 4.29 Å². The van der Waals surface area contributed by atoms with Gasteiger partial charge in [-0.3, -0.25) is 0 Å². The van der Waals surface area contributed by atoms with Gasteiger partial charge in [-0.15, -0.1) is 46.4 Å². The Bertz CT molecular complexity index is 77.0. The largest absolute Gasteiger partial charge is 0.125 e. The van der Waals surface area contributed by atoms with Gasteiger partial charge in [0.25, 0.3) is 0 Å². The molecular formula is C4H5BrCl4. The van der Waals surface area contributed by atoms with E-state index in [4.69, 9.17) is 46.4 Å². The smallest absolute Gasteiger partial charge is 0.106 e. The van der Waals surface area contributed by atoms with Crippen molar-refractivity contribution in [3.8, 4) is 0 Å². The first-order valence-electron chi connectivity index (χ1n) is 2.22. The molecule has 0 aromatic heterocycles. The summed E-state index contributed by atoms with van der Waals surface area (Å²) < 4.78 is -0.319. The monoisotopic (exact) mass is 272 g/mol. The SMILES string of the molecule is ClCC(Cl)C(Cl)C(Cl)Br. The Kier molecular flexibility index (Phi) is 6.28. The number of hydrogen-bond acceptors (Lipinski definition) is 0. The number of hydrogen-bond donors (Lipinski definition) is 0. The van der Waals surface area contributed by atoms with E-state index >= 15 is 0 Å². The minimum atomic E-state index is -0.328. The lowest BCUT2D eigenvalue weighted by molar-refractivity contribution is 0.897. The maximum atomic E-state index is 5.67. The molecule has 0 aliphatic heterocycles. The fraction of sp³-hybridized carbons (Fsp3) is 1.00. The maximum Gasteiger partial charge on any atom is 0.106 e. The van der Waals surface area contributed by atoms with Crippen molar-refractivity contribution in [1.29, 1.82) is 0 Å². The van der Waals surface area contributed by atoms with Gasteiger partial charge >= 0.3 is 0 Å². The molecule has 0 aromatic rings. The summed E-state index contributed by atoms with van der Waals surface area (Å²) in [6, 6.07) is 0. The van der Waals surface area contributed by atoms with Crippen molar-refractivity contribution in [2.75, 3.05) is 5.88 Å². The predicted molar refractivity (Wildman–Crippen MR) is 48.6 cm³/mol. The summed E-state index contributed by atoms with van der Waals surface area (Å²) in [4.78, 5) is 0. The zero-order chi connectivity index (χ0) is 7.44. The lowest BCUT2D eigenvalue weighted by atomic mass is 10.4. The van der Waals surface area contributed by atoms with Crippen LogP contribution in [0.3, 0.4) is 0 Å². The molecule has 0 aromatic carbocycles. The van der Waals surface area contributed by atoms with Crippen LogP contribution in [0, 0.1) is 0 Å². The van der Waals surface area contributed by atoms with Crippen LogP contribution in [0.25, 0.3) is 0 Å². The first kappa shape index (κ1) is 10.6. The van der Waals surface area contributed by atoms with Crippen LogP contribution in [0.5, 0.6) is 0 Å². The van der Waals surface area contributed by atoms with E-state index in [0.717, 1.165) is 0 Å². The molecule has 0 aliphatic rings. The summed E-state index contributed by atoms with van der Waals surface area (Å²) in [5.41, 5.74) is 0. The number of rotatable bonds is 3. The van der Waals surface area contributed by atoms with Crippen molar-refractivity contribution in [3.63, 3.8) is 0 Å². The van der Waals surface area contributed by atoms with E-state index in [1.54, 1.807) is 0 Å². The molecular weight excluding hydrogens is 270 g/mol. The molecule has 0 saturated heterocycles. The number of alkyl halides is 5. The first-order valence-corrected chi connectivity index (χ1v) is 4.97. The van der Waals surface area contributed by atoms with Crippen molar-refractivity contribution < 1.29 is 0 Å². The van der Waals surface area contributed by atoms with E-state index in [2.05, 4.69) is 15.9 Å². The third kappa shape index (κ3) is 4.15. The van der Waals surface area contributed by atoms with E-state index < -0.39 is 0 Å². The normalized spacial score (nSPS) is 21.0. The van der Waals surface area contributed by atoms with Crippen molar-refractivity contribution in [3.05, 3.63) is 0 Å². The van der Waals surface area contributed by atoms with Gasteiger partial charge in [-0.05, 0) is 0 Å². The van der Waals surface area contributed by atoms with Crippen molar-refractivity contribution in [1.82, 2.24) is 0 Å². The highest BCUT2D eigenvalue weighted by atomic mass is 79.9. The third-order valence-corrected chi connectivity index (χ3v) is 3.61. The quantitative estimate of drug-likeness (QED) is 0.692. The average Bonchev–Trinajstić information content (AvgIpc) is 1.84. The van der Waals surface area contributed by atoms with Crippen LogP contribution in [0.1, 0.15) is 0 Å². The molecule has 0 rings (SSSR count). The Morgan fingerprint density at radius 1 is 1.22 bits per heavy atom. The average molecular weight is 275 g/mol. The van der Waals surface area contributed by atoms with Crippen molar-refractivity contribution in [2.45, 2.75) is 15.0 Å². The van der Waals surface area contributed by atoms with Crippen LogP contribution in [-0.4, -0.2) is 20.9 Å². The van der Waals surface area contributed by atoms with Crippen LogP contribution in [-0.2, 0) is 0 Å². The predicted octanol–water partition coefficient (Wildman–Crippen LogP) is 3.40. The second kappa shape index (κ2) is 5.31. The van der Waals surface area contributed by atoms with Crippen LogP contribution in [0.4, 0.5) is 0 Å². The minimum Gasteiger partial charge on any atom is -0.125 e. The van der Waals surface area contributed by atoms with Gasteiger partial charge in [0.2, 0.25) is 0 Å². The second-order valence-electron chi connectivity index (χ2n) is 1.45. The van der Waals surface area contributed by atoms with Gasteiger partial charge in [-0.1, -0.05) is 15.9 Å². The molecule has 9 heavy (non-hydrogen) atoms. The van der Waals surface area contributed by atoms with Gasteiger partial charge in [0.05, 0.1) is 10.8 Å². The van der Waals surface area contributed by atoms with E-state index in [1.807, 2.05) is 0 Å². The molecule has 0 radical (unpaired) electrons. The van der Waals surface area contributed by atoms with Crippen LogP contribution >= 0.6 is 62.3 Å². The van der Waals surface area contributed by atoms with E-state index in [9.17, 15) is 0 Å². The third-order valence-electron chi connectivity index (χ3n) is 0.734. The Hall–Kier alpha value is 1.64. The van der Waals surface area contributed by atoms with Gasteiger partial charge in [-0.25, -0.2) is 0 Å². The standard InChI is InChI=1S/C4H5BrCl4/c5-4(9)3(8)2(7)1-6/h2-4H,1H2. The lowest BCUT2D eigenvalue weighted by Gasteiger charge is -2.13.